The third-order valence-electron chi connectivity index (χ3n) is 3.42. The molecule has 26 heavy (non-hydrogen) atoms. The fraction of sp³-hybridized carbons (Fsp3) is 0.278. The Hall–Kier alpha value is -2.38. The van der Waals surface area contributed by atoms with Crippen LogP contribution in [0.15, 0.2) is 41.8 Å². The van der Waals surface area contributed by atoms with Gasteiger partial charge in [-0.3, -0.25) is 14.4 Å². The molecule has 0 saturated carbocycles. The molecule has 8 heteroatoms. The summed E-state index contributed by atoms with van der Waals surface area (Å²) in [6.07, 6.45) is -0.0839. The molecule has 0 radical (unpaired) electrons. The fourth-order valence-electron chi connectivity index (χ4n) is 2.21. The predicted molar refractivity (Wildman–Crippen MR) is 99.8 cm³/mol. The Kier molecular flexibility index (Phi) is 7.62. The lowest BCUT2D eigenvalue weighted by atomic mass is 10.0. The molecule has 2 amide bonds. The van der Waals surface area contributed by atoms with E-state index >= 15 is 0 Å². The Morgan fingerprint density at radius 3 is 2.54 bits per heavy atom. The lowest BCUT2D eigenvalue weighted by molar-refractivity contribution is -0.149. The van der Waals surface area contributed by atoms with Crippen molar-refractivity contribution < 1.29 is 19.1 Å². The number of carbonyl (C=O) groups is 3. The van der Waals surface area contributed by atoms with E-state index in [9.17, 15) is 14.4 Å². The molecule has 1 aromatic heterocycles. The summed E-state index contributed by atoms with van der Waals surface area (Å²) in [5.74, 6) is -1.23. The van der Waals surface area contributed by atoms with Crippen molar-refractivity contribution >= 4 is 40.7 Å². The average molecular weight is 395 g/mol. The number of esters is 1. The minimum atomic E-state index is -0.579. The molecular formula is C18H19ClN2O4S. The Labute approximate surface area is 160 Å². The maximum atomic E-state index is 12.0. The van der Waals surface area contributed by atoms with Crippen molar-refractivity contribution in [3.8, 4) is 0 Å². The number of carbonyl (C=O) groups excluding carboxylic acids is 3. The van der Waals surface area contributed by atoms with Gasteiger partial charge in [0, 0.05) is 16.8 Å². The van der Waals surface area contributed by atoms with E-state index in [0.29, 0.717) is 11.6 Å². The van der Waals surface area contributed by atoms with E-state index < -0.39 is 12.0 Å². The summed E-state index contributed by atoms with van der Waals surface area (Å²) in [5.41, 5.74) is 0.726. The first-order valence-electron chi connectivity index (χ1n) is 7.91. The molecule has 1 heterocycles. The van der Waals surface area contributed by atoms with Crippen LogP contribution in [0.5, 0.6) is 0 Å². The van der Waals surface area contributed by atoms with Crippen LogP contribution >= 0.6 is 22.9 Å². The molecule has 0 fully saturated rings. The second-order valence-electron chi connectivity index (χ2n) is 5.53. The molecule has 0 saturated heterocycles. The number of benzene rings is 1. The number of amides is 2. The molecule has 0 aliphatic carbocycles. The van der Waals surface area contributed by atoms with Gasteiger partial charge < -0.3 is 15.4 Å². The first-order valence-corrected chi connectivity index (χ1v) is 9.17. The first kappa shape index (κ1) is 19.9. The van der Waals surface area contributed by atoms with Crippen LogP contribution in [0.2, 0.25) is 5.02 Å². The van der Waals surface area contributed by atoms with Crippen LogP contribution in [-0.2, 0) is 25.7 Å². The standard InChI is InChI=1S/C18H19ClN2O4S/c1-12(22)21-16(13-4-6-14(19)7-5-13)9-18(24)25-11-17(23)20-10-15-3-2-8-26-15/h2-8,16H,9-11H2,1H3,(H,20,23)(H,21,22). The lowest BCUT2D eigenvalue weighted by Gasteiger charge is -2.17. The largest absolute Gasteiger partial charge is 0.456 e. The van der Waals surface area contributed by atoms with E-state index in [-0.39, 0.29) is 24.8 Å². The third kappa shape index (κ3) is 6.85. The number of halogens is 1. The van der Waals surface area contributed by atoms with Gasteiger partial charge in [0.05, 0.1) is 19.0 Å². The number of ether oxygens (including phenoxy) is 1. The molecule has 2 rings (SSSR count). The molecule has 0 aliphatic rings. The summed E-state index contributed by atoms with van der Waals surface area (Å²) in [6.45, 7) is 1.40. The quantitative estimate of drug-likeness (QED) is 0.674. The normalized spacial score (nSPS) is 11.5. The first-order chi connectivity index (χ1) is 12.4. The molecule has 2 N–H and O–H groups in total. The Bertz CT molecular complexity index is 747. The van der Waals surface area contributed by atoms with E-state index in [1.165, 1.54) is 18.3 Å². The van der Waals surface area contributed by atoms with E-state index in [1.54, 1.807) is 24.3 Å². The van der Waals surface area contributed by atoms with E-state index in [4.69, 9.17) is 16.3 Å². The third-order valence-corrected chi connectivity index (χ3v) is 4.55. The summed E-state index contributed by atoms with van der Waals surface area (Å²) in [4.78, 5) is 36.2. The van der Waals surface area contributed by atoms with Crippen LogP contribution in [0.1, 0.15) is 29.8 Å². The topological polar surface area (TPSA) is 84.5 Å². The van der Waals surface area contributed by atoms with Gasteiger partial charge in [-0.15, -0.1) is 11.3 Å². The Morgan fingerprint density at radius 2 is 1.92 bits per heavy atom. The molecule has 2 aromatic rings. The highest BCUT2D eigenvalue weighted by atomic mass is 35.5. The molecular weight excluding hydrogens is 376 g/mol. The molecule has 1 aromatic carbocycles. The maximum absolute atomic E-state index is 12.0. The number of nitrogens with one attached hydrogen (secondary N) is 2. The molecule has 1 atom stereocenters. The van der Waals surface area contributed by atoms with Crippen LogP contribution in [-0.4, -0.2) is 24.4 Å². The van der Waals surface area contributed by atoms with Gasteiger partial charge in [-0.1, -0.05) is 29.8 Å². The zero-order valence-corrected chi connectivity index (χ0v) is 15.7. The average Bonchev–Trinajstić information content (AvgIpc) is 3.11. The number of thiophene rings is 1. The van der Waals surface area contributed by atoms with Crippen molar-refractivity contribution in [2.75, 3.05) is 6.61 Å². The zero-order valence-electron chi connectivity index (χ0n) is 14.2. The minimum absolute atomic E-state index is 0.0839. The van der Waals surface area contributed by atoms with E-state index in [0.717, 1.165) is 10.4 Å². The van der Waals surface area contributed by atoms with Crippen LogP contribution in [0.25, 0.3) is 0 Å². The number of hydrogen-bond acceptors (Lipinski definition) is 5. The Morgan fingerprint density at radius 1 is 1.19 bits per heavy atom. The molecule has 0 aliphatic heterocycles. The molecule has 6 nitrogen and oxygen atoms in total. The van der Waals surface area contributed by atoms with Gasteiger partial charge in [-0.25, -0.2) is 0 Å². The highest BCUT2D eigenvalue weighted by molar-refractivity contribution is 7.09. The van der Waals surface area contributed by atoms with Crippen molar-refractivity contribution in [2.45, 2.75) is 25.9 Å². The summed E-state index contributed by atoms with van der Waals surface area (Å²) in [5, 5.41) is 7.84. The van der Waals surface area contributed by atoms with Crippen molar-refractivity contribution in [2.24, 2.45) is 0 Å². The predicted octanol–water partition coefficient (Wildman–Crippen LogP) is 2.83. The second kappa shape index (κ2) is 9.94. The second-order valence-corrected chi connectivity index (χ2v) is 6.99. The van der Waals surface area contributed by atoms with Crippen LogP contribution < -0.4 is 10.6 Å². The van der Waals surface area contributed by atoms with Crippen LogP contribution in [0.4, 0.5) is 0 Å². The molecule has 1 unspecified atom stereocenters. The van der Waals surface area contributed by atoms with Gasteiger partial charge in [0.2, 0.25) is 5.91 Å². The summed E-state index contributed by atoms with van der Waals surface area (Å²) >= 11 is 7.39. The van der Waals surface area contributed by atoms with Crippen molar-refractivity contribution in [3.05, 3.63) is 57.2 Å². The summed E-state index contributed by atoms with van der Waals surface area (Å²) in [6, 6.07) is 10.1. The van der Waals surface area contributed by atoms with Crippen LogP contribution in [0.3, 0.4) is 0 Å². The van der Waals surface area contributed by atoms with Crippen molar-refractivity contribution in [1.29, 1.82) is 0 Å². The van der Waals surface area contributed by atoms with Gasteiger partial charge >= 0.3 is 5.97 Å². The monoisotopic (exact) mass is 394 g/mol. The zero-order chi connectivity index (χ0) is 18.9. The molecule has 0 spiro atoms. The molecule has 138 valence electrons. The highest BCUT2D eigenvalue weighted by Crippen LogP contribution is 2.20. The van der Waals surface area contributed by atoms with Gasteiger partial charge in [0.25, 0.3) is 5.91 Å². The highest BCUT2D eigenvalue weighted by Gasteiger charge is 2.19. The van der Waals surface area contributed by atoms with Crippen LogP contribution in [0, 0.1) is 0 Å². The fourth-order valence-corrected chi connectivity index (χ4v) is 2.98. The van der Waals surface area contributed by atoms with E-state index in [2.05, 4.69) is 10.6 Å². The minimum Gasteiger partial charge on any atom is -0.456 e. The molecule has 0 bridgehead atoms. The van der Waals surface area contributed by atoms with Gasteiger partial charge in [0.1, 0.15) is 0 Å². The van der Waals surface area contributed by atoms with Crippen molar-refractivity contribution in [1.82, 2.24) is 10.6 Å². The maximum Gasteiger partial charge on any atom is 0.308 e. The summed E-state index contributed by atoms with van der Waals surface area (Å²) < 4.78 is 5.01. The smallest absolute Gasteiger partial charge is 0.308 e. The SMILES string of the molecule is CC(=O)NC(CC(=O)OCC(=O)NCc1cccs1)c1ccc(Cl)cc1. The van der Waals surface area contributed by atoms with Gasteiger partial charge in [0.15, 0.2) is 6.61 Å². The number of hydrogen-bond donors (Lipinski definition) is 2. The van der Waals surface area contributed by atoms with Gasteiger partial charge in [-0.2, -0.15) is 0 Å². The lowest BCUT2D eigenvalue weighted by Crippen LogP contribution is -2.31. The van der Waals surface area contributed by atoms with Crippen molar-refractivity contribution in [3.63, 3.8) is 0 Å². The number of rotatable bonds is 8. The van der Waals surface area contributed by atoms with Gasteiger partial charge in [-0.05, 0) is 29.1 Å². The van der Waals surface area contributed by atoms with E-state index in [1.807, 2.05) is 17.5 Å². The summed E-state index contributed by atoms with van der Waals surface area (Å²) in [7, 11) is 0. The Balaban J connectivity index is 1.83.